The number of amides is 2. The topological polar surface area (TPSA) is 80.0 Å². The number of hydrogen-bond acceptors (Lipinski definition) is 5. The molecule has 0 aromatic carbocycles. The van der Waals surface area contributed by atoms with Crippen molar-refractivity contribution < 1.29 is 14.3 Å². The predicted octanol–water partition coefficient (Wildman–Crippen LogP) is 1.52. The standard InChI is InChI=1S/C19H25N5O3/c1-22(2)19(26)14-12-21-24-16(5-8-20-17(14)24)15-4-3-9-23(15)18(25)13-6-10-27-11-7-13/h5,8,12-13,15H,3-4,6-7,9-11H2,1-2H3/t15-/m0/s1. The molecule has 2 saturated heterocycles. The lowest BCUT2D eigenvalue weighted by molar-refractivity contribution is -0.139. The molecule has 4 heterocycles. The lowest BCUT2D eigenvalue weighted by Crippen LogP contribution is -2.38. The van der Waals surface area contributed by atoms with Crippen LogP contribution >= 0.6 is 0 Å². The molecule has 2 fully saturated rings. The van der Waals surface area contributed by atoms with E-state index in [1.165, 1.54) is 4.90 Å². The average Bonchev–Trinajstić information content (AvgIpc) is 3.34. The molecule has 8 nitrogen and oxygen atoms in total. The molecule has 0 radical (unpaired) electrons. The summed E-state index contributed by atoms with van der Waals surface area (Å²) >= 11 is 0. The van der Waals surface area contributed by atoms with Crippen LogP contribution in [-0.4, -0.2) is 70.1 Å². The molecule has 144 valence electrons. The zero-order valence-electron chi connectivity index (χ0n) is 15.8. The molecule has 2 aromatic rings. The van der Waals surface area contributed by atoms with E-state index in [2.05, 4.69) is 10.1 Å². The lowest BCUT2D eigenvalue weighted by Gasteiger charge is -2.30. The van der Waals surface area contributed by atoms with Crippen molar-refractivity contribution in [3.05, 3.63) is 29.7 Å². The van der Waals surface area contributed by atoms with Crippen molar-refractivity contribution in [2.75, 3.05) is 33.9 Å². The van der Waals surface area contributed by atoms with Crippen LogP contribution in [-0.2, 0) is 9.53 Å². The molecule has 0 unspecified atom stereocenters. The van der Waals surface area contributed by atoms with E-state index in [-0.39, 0.29) is 23.8 Å². The Labute approximate surface area is 158 Å². The van der Waals surface area contributed by atoms with Crippen LogP contribution in [0, 0.1) is 5.92 Å². The van der Waals surface area contributed by atoms with Gasteiger partial charge in [0.2, 0.25) is 5.91 Å². The highest BCUT2D eigenvalue weighted by Gasteiger charge is 2.36. The van der Waals surface area contributed by atoms with Gasteiger partial charge in [-0.1, -0.05) is 0 Å². The maximum absolute atomic E-state index is 13.1. The first-order chi connectivity index (χ1) is 13.1. The van der Waals surface area contributed by atoms with Crippen molar-refractivity contribution in [2.24, 2.45) is 5.92 Å². The fourth-order valence-electron chi connectivity index (χ4n) is 4.07. The van der Waals surface area contributed by atoms with Crippen molar-refractivity contribution in [1.29, 1.82) is 0 Å². The second-order valence-electron chi connectivity index (χ2n) is 7.44. The molecule has 0 saturated carbocycles. The number of carbonyl (C=O) groups excluding carboxylic acids is 2. The zero-order valence-corrected chi connectivity index (χ0v) is 15.8. The monoisotopic (exact) mass is 371 g/mol. The van der Waals surface area contributed by atoms with Crippen molar-refractivity contribution in [1.82, 2.24) is 24.4 Å². The maximum Gasteiger partial charge on any atom is 0.258 e. The molecule has 2 aliphatic rings. The summed E-state index contributed by atoms with van der Waals surface area (Å²) in [5.41, 5.74) is 1.93. The number of hydrogen-bond donors (Lipinski definition) is 0. The van der Waals surface area contributed by atoms with Crippen LogP contribution in [0.3, 0.4) is 0 Å². The molecule has 0 spiro atoms. The third-order valence-corrected chi connectivity index (χ3v) is 5.51. The summed E-state index contributed by atoms with van der Waals surface area (Å²) in [7, 11) is 3.42. The van der Waals surface area contributed by atoms with Crippen LogP contribution in [0.2, 0.25) is 0 Å². The van der Waals surface area contributed by atoms with E-state index in [1.807, 2.05) is 11.0 Å². The van der Waals surface area contributed by atoms with Crippen LogP contribution < -0.4 is 0 Å². The summed E-state index contributed by atoms with van der Waals surface area (Å²) < 4.78 is 7.12. The molecule has 0 bridgehead atoms. The van der Waals surface area contributed by atoms with E-state index in [4.69, 9.17) is 4.74 Å². The molecule has 0 N–H and O–H groups in total. The Balaban J connectivity index is 1.66. The number of fused-ring (bicyclic) bond motifs is 1. The molecular formula is C19H25N5O3. The van der Waals surface area contributed by atoms with Crippen LogP contribution in [0.1, 0.15) is 47.8 Å². The summed E-state index contributed by atoms with van der Waals surface area (Å²) in [6.07, 6.45) is 6.70. The highest BCUT2D eigenvalue weighted by Crippen LogP contribution is 2.34. The summed E-state index contributed by atoms with van der Waals surface area (Å²) in [6, 6.07) is 1.87. The number of ether oxygens (including phenoxy) is 1. The minimum atomic E-state index is -0.129. The van der Waals surface area contributed by atoms with E-state index in [0.29, 0.717) is 24.4 Å². The lowest BCUT2D eigenvalue weighted by atomic mass is 9.98. The third-order valence-electron chi connectivity index (χ3n) is 5.51. The van der Waals surface area contributed by atoms with Crippen LogP contribution in [0.25, 0.3) is 5.65 Å². The van der Waals surface area contributed by atoms with Crippen molar-refractivity contribution >= 4 is 17.5 Å². The highest BCUT2D eigenvalue weighted by atomic mass is 16.5. The van der Waals surface area contributed by atoms with Gasteiger partial charge in [-0.05, 0) is 31.7 Å². The van der Waals surface area contributed by atoms with Gasteiger partial charge in [0, 0.05) is 46.0 Å². The van der Waals surface area contributed by atoms with Gasteiger partial charge in [0.05, 0.1) is 17.9 Å². The first-order valence-electron chi connectivity index (χ1n) is 9.50. The molecule has 1 atom stereocenters. The number of carbonyl (C=O) groups is 2. The summed E-state index contributed by atoms with van der Waals surface area (Å²) in [6.45, 7) is 2.07. The Hall–Kier alpha value is -2.48. The van der Waals surface area contributed by atoms with Crippen molar-refractivity contribution in [3.63, 3.8) is 0 Å². The number of likely N-dealkylation sites (tertiary alicyclic amines) is 1. The van der Waals surface area contributed by atoms with Gasteiger partial charge in [0.15, 0.2) is 5.65 Å². The van der Waals surface area contributed by atoms with Gasteiger partial charge in [-0.25, -0.2) is 9.50 Å². The minimum Gasteiger partial charge on any atom is -0.381 e. The Kier molecular flexibility index (Phi) is 4.82. The second kappa shape index (κ2) is 7.26. The first kappa shape index (κ1) is 17.9. The Morgan fingerprint density at radius 2 is 2.00 bits per heavy atom. The molecule has 8 heteroatoms. The second-order valence-corrected chi connectivity index (χ2v) is 7.44. The first-order valence-corrected chi connectivity index (χ1v) is 9.50. The smallest absolute Gasteiger partial charge is 0.258 e. The molecular weight excluding hydrogens is 346 g/mol. The molecule has 2 aliphatic heterocycles. The quantitative estimate of drug-likeness (QED) is 0.817. The van der Waals surface area contributed by atoms with Gasteiger partial charge in [0.25, 0.3) is 5.91 Å². The van der Waals surface area contributed by atoms with Crippen LogP contribution in [0.4, 0.5) is 0 Å². The third kappa shape index (κ3) is 3.18. The van der Waals surface area contributed by atoms with Gasteiger partial charge in [-0.3, -0.25) is 9.59 Å². The number of nitrogens with zero attached hydrogens (tertiary/aromatic N) is 5. The van der Waals surface area contributed by atoms with E-state index in [1.54, 1.807) is 31.0 Å². The van der Waals surface area contributed by atoms with Crippen LogP contribution in [0.15, 0.2) is 18.5 Å². The molecule has 2 amide bonds. The number of rotatable bonds is 3. The average molecular weight is 371 g/mol. The Morgan fingerprint density at radius 3 is 2.74 bits per heavy atom. The van der Waals surface area contributed by atoms with E-state index in [9.17, 15) is 9.59 Å². The normalized spacial score (nSPS) is 21.0. The predicted molar refractivity (Wildman–Crippen MR) is 98.2 cm³/mol. The Bertz CT molecular complexity index is 856. The fraction of sp³-hybridized carbons (Fsp3) is 0.579. The van der Waals surface area contributed by atoms with Gasteiger partial charge >= 0.3 is 0 Å². The highest BCUT2D eigenvalue weighted by molar-refractivity contribution is 5.99. The fourth-order valence-corrected chi connectivity index (χ4v) is 4.07. The van der Waals surface area contributed by atoms with E-state index < -0.39 is 0 Å². The zero-order chi connectivity index (χ0) is 19.0. The Morgan fingerprint density at radius 1 is 1.22 bits per heavy atom. The van der Waals surface area contributed by atoms with Gasteiger partial charge in [0.1, 0.15) is 5.56 Å². The summed E-state index contributed by atoms with van der Waals surface area (Å²) in [4.78, 5) is 33.3. The van der Waals surface area contributed by atoms with Gasteiger partial charge in [-0.15, -0.1) is 0 Å². The van der Waals surface area contributed by atoms with Gasteiger partial charge in [-0.2, -0.15) is 5.10 Å². The maximum atomic E-state index is 13.1. The SMILES string of the molecule is CN(C)C(=O)c1cnn2c([C@@H]3CCCN3C(=O)C3CCOCC3)ccnc12. The largest absolute Gasteiger partial charge is 0.381 e. The minimum absolute atomic E-state index is 0.0342. The van der Waals surface area contributed by atoms with Crippen molar-refractivity contribution in [2.45, 2.75) is 31.7 Å². The van der Waals surface area contributed by atoms with Gasteiger partial charge < -0.3 is 14.5 Å². The molecule has 27 heavy (non-hydrogen) atoms. The summed E-state index contributed by atoms with van der Waals surface area (Å²) in [5, 5.41) is 4.42. The van der Waals surface area contributed by atoms with E-state index >= 15 is 0 Å². The number of aromatic nitrogens is 3. The molecule has 4 rings (SSSR count). The van der Waals surface area contributed by atoms with Crippen molar-refractivity contribution in [3.8, 4) is 0 Å². The molecule has 0 aliphatic carbocycles. The summed E-state index contributed by atoms with van der Waals surface area (Å²) in [5.74, 6) is 0.124. The van der Waals surface area contributed by atoms with Crippen LogP contribution in [0.5, 0.6) is 0 Å². The van der Waals surface area contributed by atoms with E-state index in [0.717, 1.165) is 37.9 Å². The molecule has 2 aromatic heterocycles.